The molecule has 2 aromatic rings. The Morgan fingerprint density at radius 3 is 2.31 bits per heavy atom. The molecule has 138 valence electrons. The molecule has 0 unspecified atom stereocenters. The third-order valence-corrected chi connectivity index (χ3v) is 4.75. The fourth-order valence-electron chi connectivity index (χ4n) is 2.80. The van der Waals surface area contributed by atoms with Gasteiger partial charge in [-0.1, -0.05) is 38.1 Å². The van der Waals surface area contributed by atoms with E-state index in [0.29, 0.717) is 17.9 Å². The number of benzene rings is 1. The van der Waals surface area contributed by atoms with E-state index in [4.69, 9.17) is 4.74 Å². The van der Waals surface area contributed by atoms with Crippen molar-refractivity contribution in [3.05, 3.63) is 53.9 Å². The molecule has 0 spiro atoms. The summed E-state index contributed by atoms with van der Waals surface area (Å²) in [4.78, 5) is 28.4. The highest BCUT2D eigenvalue weighted by atomic mass is 16.5. The number of rotatable bonds is 7. The van der Waals surface area contributed by atoms with Gasteiger partial charge in [0.25, 0.3) is 0 Å². The number of ketones is 1. The molecule has 0 atom stereocenters. The molecule has 4 heteroatoms. The second-order valence-electron chi connectivity index (χ2n) is 7.51. The van der Waals surface area contributed by atoms with Gasteiger partial charge in [-0.05, 0) is 43.4 Å². The van der Waals surface area contributed by atoms with Gasteiger partial charge < -0.3 is 4.74 Å². The van der Waals surface area contributed by atoms with Crippen molar-refractivity contribution in [2.45, 2.75) is 46.0 Å². The lowest BCUT2D eigenvalue weighted by molar-refractivity contribution is -0.123. The van der Waals surface area contributed by atoms with Crippen molar-refractivity contribution >= 4 is 11.8 Å². The average molecular weight is 353 g/mol. The first-order valence-corrected chi connectivity index (χ1v) is 8.93. The number of carbonyl (C=O) groups is 2. The number of pyridine rings is 1. The molecular weight excluding hydrogens is 326 g/mol. The first kappa shape index (κ1) is 19.8. The summed E-state index contributed by atoms with van der Waals surface area (Å²) >= 11 is 0. The maximum absolute atomic E-state index is 12.6. The summed E-state index contributed by atoms with van der Waals surface area (Å²) in [5.74, 6) is 0.368. The van der Waals surface area contributed by atoms with E-state index in [1.807, 2.05) is 38.1 Å². The van der Waals surface area contributed by atoms with E-state index in [0.717, 1.165) is 23.1 Å². The number of hydrogen-bond donors (Lipinski definition) is 0. The van der Waals surface area contributed by atoms with Gasteiger partial charge in [0.2, 0.25) is 0 Å². The van der Waals surface area contributed by atoms with Crippen LogP contribution in [0.25, 0.3) is 11.1 Å². The lowest BCUT2D eigenvalue weighted by Crippen LogP contribution is -2.29. The zero-order chi connectivity index (χ0) is 19.3. The number of esters is 1. The summed E-state index contributed by atoms with van der Waals surface area (Å²) in [7, 11) is 1.35. The molecule has 0 saturated heterocycles. The Morgan fingerprint density at radius 1 is 1.08 bits per heavy atom. The van der Waals surface area contributed by atoms with Crippen molar-refractivity contribution in [3.63, 3.8) is 0 Å². The monoisotopic (exact) mass is 353 g/mol. The summed E-state index contributed by atoms with van der Waals surface area (Å²) in [5, 5.41) is 0. The molecule has 0 N–H and O–H groups in total. The zero-order valence-electron chi connectivity index (χ0n) is 16.2. The molecule has 1 heterocycles. The number of carbonyl (C=O) groups excluding carboxylic acids is 2. The van der Waals surface area contributed by atoms with Crippen LogP contribution in [-0.4, -0.2) is 23.8 Å². The Hall–Kier alpha value is -2.49. The third kappa shape index (κ3) is 4.57. The second kappa shape index (κ2) is 8.26. The summed E-state index contributed by atoms with van der Waals surface area (Å²) in [6, 6.07) is 9.64. The van der Waals surface area contributed by atoms with E-state index >= 15 is 0 Å². The Bertz CT molecular complexity index is 776. The summed E-state index contributed by atoms with van der Waals surface area (Å²) < 4.78 is 4.74. The molecule has 0 fully saturated rings. The van der Waals surface area contributed by atoms with Gasteiger partial charge in [0.05, 0.1) is 12.7 Å². The molecule has 0 radical (unpaired) electrons. The maximum Gasteiger partial charge on any atom is 0.339 e. The smallest absolute Gasteiger partial charge is 0.339 e. The minimum atomic E-state index is -0.514. The third-order valence-electron chi connectivity index (χ3n) is 4.75. The van der Waals surface area contributed by atoms with E-state index in [1.54, 1.807) is 12.3 Å². The molecule has 2 rings (SSSR count). The lowest BCUT2D eigenvalue weighted by atomic mass is 9.78. The van der Waals surface area contributed by atoms with Crippen LogP contribution < -0.4 is 0 Å². The van der Waals surface area contributed by atoms with E-state index in [2.05, 4.69) is 18.8 Å². The number of ether oxygens (including phenoxy) is 1. The quantitative estimate of drug-likeness (QED) is 0.670. The Balaban J connectivity index is 2.22. The van der Waals surface area contributed by atoms with Crippen molar-refractivity contribution in [1.82, 2.24) is 4.98 Å². The first-order chi connectivity index (χ1) is 12.3. The van der Waals surface area contributed by atoms with Crippen LogP contribution in [-0.2, 0) is 14.9 Å². The number of methoxy groups -OCH3 is 1. The van der Waals surface area contributed by atoms with Crippen molar-refractivity contribution < 1.29 is 14.3 Å². The second-order valence-corrected chi connectivity index (χ2v) is 7.51. The predicted octanol–water partition coefficient (Wildman–Crippen LogP) is 4.82. The average Bonchev–Trinajstić information content (AvgIpc) is 2.65. The molecule has 0 aliphatic carbocycles. The van der Waals surface area contributed by atoms with E-state index in [-0.39, 0.29) is 5.78 Å². The van der Waals surface area contributed by atoms with Crippen LogP contribution in [0.5, 0.6) is 0 Å². The fraction of sp³-hybridized carbons (Fsp3) is 0.409. The number of hydrogen-bond acceptors (Lipinski definition) is 4. The van der Waals surface area contributed by atoms with Gasteiger partial charge in [-0.15, -0.1) is 0 Å². The molecular formula is C22H27NO3. The van der Waals surface area contributed by atoms with Gasteiger partial charge in [0.15, 0.2) is 0 Å². The lowest BCUT2D eigenvalue weighted by Gasteiger charge is -2.24. The number of aromatic nitrogens is 1. The summed E-state index contributed by atoms with van der Waals surface area (Å²) in [5.41, 5.74) is 2.67. The van der Waals surface area contributed by atoms with Gasteiger partial charge in [0, 0.05) is 29.8 Å². The summed E-state index contributed by atoms with van der Waals surface area (Å²) in [6.45, 7) is 8.21. The van der Waals surface area contributed by atoms with Gasteiger partial charge in [-0.25, -0.2) is 4.79 Å². The molecule has 26 heavy (non-hydrogen) atoms. The molecule has 1 aromatic heterocycles. The normalized spacial score (nSPS) is 11.5. The molecule has 1 aromatic carbocycles. The summed E-state index contributed by atoms with van der Waals surface area (Å²) in [6.07, 6.45) is 4.70. The van der Waals surface area contributed by atoms with Crippen LogP contribution in [0.2, 0.25) is 0 Å². The van der Waals surface area contributed by atoms with Gasteiger partial charge in [-0.2, -0.15) is 0 Å². The highest BCUT2D eigenvalue weighted by molar-refractivity contribution is 5.91. The highest BCUT2D eigenvalue weighted by Crippen LogP contribution is 2.29. The Labute approximate surface area is 155 Å². The van der Waals surface area contributed by atoms with E-state index < -0.39 is 11.4 Å². The van der Waals surface area contributed by atoms with Crippen molar-refractivity contribution in [2.75, 3.05) is 7.11 Å². The molecule has 4 nitrogen and oxygen atoms in total. The minimum Gasteiger partial charge on any atom is -0.465 e. The topological polar surface area (TPSA) is 56.3 Å². The molecule has 0 bridgehead atoms. The van der Waals surface area contributed by atoms with Crippen molar-refractivity contribution in [2.24, 2.45) is 5.92 Å². The van der Waals surface area contributed by atoms with Crippen LogP contribution in [0.15, 0.2) is 42.7 Å². The Kier molecular flexibility index (Phi) is 6.30. The Morgan fingerprint density at radius 2 is 1.73 bits per heavy atom. The molecule has 0 aliphatic rings. The minimum absolute atomic E-state index is 0.258. The van der Waals surface area contributed by atoms with Crippen molar-refractivity contribution in [3.8, 4) is 11.1 Å². The van der Waals surface area contributed by atoms with Crippen LogP contribution in [0.3, 0.4) is 0 Å². The predicted molar refractivity (Wildman–Crippen MR) is 103 cm³/mol. The zero-order valence-corrected chi connectivity index (χ0v) is 16.2. The largest absolute Gasteiger partial charge is 0.465 e. The highest BCUT2D eigenvalue weighted by Gasteiger charge is 2.29. The van der Waals surface area contributed by atoms with E-state index in [9.17, 15) is 9.59 Å². The standard InChI is InChI=1S/C22H27NO3/c1-15(2)6-11-20(24)22(3,4)19-9-7-16(8-10-19)17-12-18(14-23-13-17)21(25)26-5/h7-10,12-15H,6,11H2,1-5H3. The van der Waals surface area contributed by atoms with Crippen LogP contribution in [0.4, 0.5) is 0 Å². The van der Waals surface area contributed by atoms with Gasteiger partial charge >= 0.3 is 5.97 Å². The van der Waals surface area contributed by atoms with Crippen LogP contribution in [0, 0.1) is 5.92 Å². The van der Waals surface area contributed by atoms with Crippen molar-refractivity contribution in [1.29, 1.82) is 0 Å². The van der Waals surface area contributed by atoms with Crippen LogP contribution >= 0.6 is 0 Å². The first-order valence-electron chi connectivity index (χ1n) is 8.93. The molecule has 0 amide bonds. The number of nitrogens with zero attached hydrogens (tertiary/aromatic N) is 1. The fourth-order valence-corrected chi connectivity index (χ4v) is 2.80. The van der Waals surface area contributed by atoms with Gasteiger partial charge in [0.1, 0.15) is 5.78 Å². The maximum atomic E-state index is 12.6. The number of Topliss-reactive ketones (excluding diaryl/α,β-unsaturated/α-hetero) is 1. The van der Waals surface area contributed by atoms with E-state index in [1.165, 1.54) is 13.3 Å². The molecule has 0 aliphatic heterocycles. The van der Waals surface area contributed by atoms with Crippen LogP contribution in [0.1, 0.15) is 56.5 Å². The SMILES string of the molecule is COC(=O)c1cncc(-c2ccc(C(C)(C)C(=O)CCC(C)C)cc2)c1. The molecule has 0 saturated carbocycles. The van der Waals surface area contributed by atoms with Gasteiger partial charge in [-0.3, -0.25) is 9.78 Å².